The highest BCUT2D eigenvalue weighted by Crippen LogP contribution is 2.38. The lowest BCUT2D eigenvalue weighted by atomic mass is 10.0. The number of sulfonamides is 1. The number of hydrogen-bond donors (Lipinski definition) is 2. The summed E-state index contributed by atoms with van der Waals surface area (Å²) in [7, 11) is -2.41. The molecule has 1 aliphatic heterocycles. The third-order valence-electron chi connectivity index (χ3n) is 6.45. The summed E-state index contributed by atoms with van der Waals surface area (Å²) >= 11 is 1.39. The molecule has 1 aromatic heterocycles. The molecule has 3 aromatic carbocycles. The highest BCUT2D eigenvalue weighted by atomic mass is 35.5. The second kappa shape index (κ2) is 12.6. The Bertz CT molecular complexity index is 1590. The van der Waals surface area contributed by atoms with Gasteiger partial charge in [-0.05, 0) is 53.9 Å². The highest BCUT2D eigenvalue weighted by molar-refractivity contribution is 7.92. The van der Waals surface area contributed by atoms with Crippen LogP contribution in [-0.4, -0.2) is 38.8 Å². The molecular formula is C29H28ClN3O5S2. The van der Waals surface area contributed by atoms with Gasteiger partial charge in [-0.15, -0.1) is 23.7 Å². The normalized spacial score (nSPS) is 13.0. The number of nitrogens with one attached hydrogen (secondary N) is 2. The van der Waals surface area contributed by atoms with E-state index in [0.717, 1.165) is 23.5 Å². The Kier molecular flexibility index (Phi) is 9.26. The van der Waals surface area contributed by atoms with E-state index in [9.17, 15) is 18.0 Å². The van der Waals surface area contributed by atoms with Crippen molar-refractivity contribution in [3.63, 3.8) is 0 Å². The third-order valence-corrected chi connectivity index (χ3v) is 8.98. The summed E-state index contributed by atoms with van der Waals surface area (Å²) < 4.78 is 32.7. The van der Waals surface area contributed by atoms with Gasteiger partial charge < -0.3 is 10.1 Å². The van der Waals surface area contributed by atoms with Crippen LogP contribution in [0.15, 0.2) is 89.8 Å². The van der Waals surface area contributed by atoms with E-state index in [1.807, 2.05) is 18.2 Å². The van der Waals surface area contributed by atoms with Crippen molar-refractivity contribution in [2.45, 2.75) is 24.4 Å². The maximum absolute atomic E-state index is 13.1. The SMILES string of the molecule is COC(=O)c1c(NC(=O)c2ccc(NS(=O)(=O)c3ccccc3)cc2)sc2c1CCN(Cc1ccccc1)C2.Cl. The van der Waals surface area contributed by atoms with Crippen molar-refractivity contribution < 1.29 is 22.7 Å². The van der Waals surface area contributed by atoms with Gasteiger partial charge in [-0.2, -0.15) is 0 Å². The fourth-order valence-corrected chi connectivity index (χ4v) is 6.87. The van der Waals surface area contributed by atoms with Crippen LogP contribution in [-0.2, 0) is 34.3 Å². The Morgan fingerprint density at radius 1 is 0.950 bits per heavy atom. The Hall–Kier alpha value is -3.70. The molecule has 5 rings (SSSR count). The standard InChI is InChI=1S/C29H27N3O5S2.ClH/c1-37-29(34)26-24-16-17-32(18-20-8-4-2-5-9-20)19-25(24)38-28(26)30-27(33)21-12-14-22(15-13-21)31-39(35,36)23-10-6-3-7-11-23;/h2-15,31H,16-19H2,1H3,(H,30,33);1H. The molecule has 0 saturated carbocycles. The molecule has 0 fully saturated rings. The zero-order valence-electron chi connectivity index (χ0n) is 21.6. The van der Waals surface area contributed by atoms with Crippen LogP contribution >= 0.6 is 23.7 Å². The second-order valence-electron chi connectivity index (χ2n) is 9.10. The summed E-state index contributed by atoms with van der Waals surface area (Å²) in [5.41, 5.74) is 3.18. The van der Waals surface area contributed by atoms with Crippen molar-refractivity contribution >= 4 is 56.3 Å². The minimum absolute atomic E-state index is 0. The van der Waals surface area contributed by atoms with Crippen molar-refractivity contribution in [2.24, 2.45) is 0 Å². The lowest BCUT2D eigenvalue weighted by Gasteiger charge is -2.27. The molecule has 0 radical (unpaired) electrons. The fraction of sp³-hybridized carbons (Fsp3) is 0.172. The predicted octanol–water partition coefficient (Wildman–Crippen LogP) is 5.57. The molecule has 0 saturated heterocycles. The zero-order valence-corrected chi connectivity index (χ0v) is 24.1. The van der Waals surface area contributed by atoms with E-state index < -0.39 is 21.9 Å². The minimum Gasteiger partial charge on any atom is -0.465 e. The Morgan fingerprint density at radius 3 is 2.25 bits per heavy atom. The molecule has 4 aromatic rings. The first-order chi connectivity index (χ1) is 18.8. The van der Waals surface area contributed by atoms with Crippen molar-refractivity contribution in [3.8, 4) is 0 Å². The van der Waals surface area contributed by atoms with Crippen molar-refractivity contribution in [3.05, 3.63) is 112 Å². The van der Waals surface area contributed by atoms with Gasteiger partial charge in [0.1, 0.15) is 5.00 Å². The van der Waals surface area contributed by atoms with Crippen LogP contribution in [0.1, 0.15) is 36.7 Å². The molecule has 1 amide bonds. The molecule has 0 aliphatic carbocycles. The minimum atomic E-state index is -3.74. The summed E-state index contributed by atoms with van der Waals surface area (Å²) in [6.45, 7) is 2.26. The molecule has 1 aliphatic rings. The first kappa shape index (κ1) is 29.3. The van der Waals surface area contributed by atoms with E-state index in [1.165, 1.54) is 60.4 Å². The maximum Gasteiger partial charge on any atom is 0.341 e. The molecular weight excluding hydrogens is 570 g/mol. The van der Waals surface area contributed by atoms with Gasteiger partial charge >= 0.3 is 5.97 Å². The summed E-state index contributed by atoms with van der Waals surface area (Å²) in [6.07, 6.45) is 0.676. The van der Waals surface area contributed by atoms with Gasteiger partial charge in [0.2, 0.25) is 0 Å². The second-order valence-corrected chi connectivity index (χ2v) is 11.9. The fourth-order valence-electron chi connectivity index (χ4n) is 4.52. The van der Waals surface area contributed by atoms with Crippen molar-refractivity contribution in [1.82, 2.24) is 4.90 Å². The molecule has 2 N–H and O–H groups in total. The molecule has 208 valence electrons. The largest absolute Gasteiger partial charge is 0.465 e. The number of amides is 1. The van der Waals surface area contributed by atoms with Crippen LogP contribution in [0.2, 0.25) is 0 Å². The van der Waals surface area contributed by atoms with E-state index >= 15 is 0 Å². The predicted molar refractivity (Wildman–Crippen MR) is 159 cm³/mol. The summed E-state index contributed by atoms with van der Waals surface area (Å²) in [5.74, 6) is -0.887. The Balaban J connectivity index is 0.00000370. The van der Waals surface area contributed by atoms with Gasteiger partial charge in [-0.3, -0.25) is 14.4 Å². The van der Waals surface area contributed by atoms with Crippen molar-refractivity contribution in [2.75, 3.05) is 23.7 Å². The summed E-state index contributed by atoms with van der Waals surface area (Å²) in [4.78, 5) is 29.3. The van der Waals surface area contributed by atoms with Crippen LogP contribution in [0.4, 0.5) is 10.7 Å². The Morgan fingerprint density at radius 2 is 1.60 bits per heavy atom. The molecule has 0 bridgehead atoms. The van der Waals surface area contributed by atoms with Gasteiger partial charge in [-0.1, -0.05) is 48.5 Å². The lowest BCUT2D eigenvalue weighted by molar-refractivity contribution is 0.0600. The maximum atomic E-state index is 13.1. The van der Waals surface area contributed by atoms with Crippen LogP contribution < -0.4 is 10.0 Å². The first-order valence-electron chi connectivity index (χ1n) is 12.3. The van der Waals surface area contributed by atoms with Gasteiger partial charge in [0.15, 0.2) is 0 Å². The number of nitrogens with zero attached hydrogens (tertiary/aromatic N) is 1. The zero-order chi connectivity index (χ0) is 27.4. The summed E-state index contributed by atoms with van der Waals surface area (Å²) in [6, 6.07) is 24.4. The van der Waals surface area contributed by atoms with Gasteiger partial charge in [0.05, 0.1) is 17.6 Å². The number of carbonyl (C=O) groups excluding carboxylic acids is 2. The number of ether oxygens (including phenoxy) is 1. The molecule has 0 atom stereocenters. The molecule has 0 spiro atoms. The number of anilines is 2. The monoisotopic (exact) mass is 597 g/mol. The van der Waals surface area contributed by atoms with Gasteiger partial charge in [0.25, 0.3) is 15.9 Å². The van der Waals surface area contributed by atoms with E-state index in [-0.39, 0.29) is 17.3 Å². The highest BCUT2D eigenvalue weighted by Gasteiger charge is 2.29. The number of methoxy groups -OCH3 is 1. The number of thiophene rings is 1. The number of halogens is 1. The molecule has 0 unspecified atom stereocenters. The van der Waals surface area contributed by atoms with Crippen LogP contribution in [0.25, 0.3) is 0 Å². The Labute approximate surface area is 243 Å². The third kappa shape index (κ3) is 6.53. The van der Waals surface area contributed by atoms with E-state index in [0.29, 0.717) is 34.8 Å². The number of benzene rings is 3. The molecule has 2 heterocycles. The van der Waals surface area contributed by atoms with Gasteiger partial charge in [-0.25, -0.2) is 13.2 Å². The van der Waals surface area contributed by atoms with E-state index in [1.54, 1.807) is 18.2 Å². The van der Waals surface area contributed by atoms with E-state index in [2.05, 4.69) is 27.1 Å². The van der Waals surface area contributed by atoms with Gasteiger partial charge in [0, 0.05) is 35.8 Å². The lowest BCUT2D eigenvalue weighted by Crippen LogP contribution is -2.29. The van der Waals surface area contributed by atoms with Crippen LogP contribution in [0, 0.1) is 0 Å². The quantitative estimate of drug-likeness (QED) is 0.257. The number of esters is 1. The van der Waals surface area contributed by atoms with Crippen LogP contribution in [0.3, 0.4) is 0 Å². The smallest absolute Gasteiger partial charge is 0.341 e. The topological polar surface area (TPSA) is 105 Å². The van der Waals surface area contributed by atoms with Crippen LogP contribution in [0.5, 0.6) is 0 Å². The summed E-state index contributed by atoms with van der Waals surface area (Å²) in [5, 5.41) is 3.33. The average molecular weight is 598 g/mol. The number of carbonyl (C=O) groups is 2. The number of hydrogen-bond acceptors (Lipinski definition) is 7. The average Bonchev–Trinajstić information content (AvgIpc) is 3.30. The number of rotatable bonds is 8. The van der Waals surface area contributed by atoms with Crippen molar-refractivity contribution in [1.29, 1.82) is 0 Å². The molecule has 11 heteroatoms. The molecule has 40 heavy (non-hydrogen) atoms. The number of fused-ring (bicyclic) bond motifs is 1. The molecule has 8 nitrogen and oxygen atoms in total. The first-order valence-corrected chi connectivity index (χ1v) is 14.6. The van der Waals surface area contributed by atoms with E-state index in [4.69, 9.17) is 4.74 Å².